The van der Waals surface area contributed by atoms with Gasteiger partial charge in [-0.1, -0.05) is 46.8 Å². The van der Waals surface area contributed by atoms with E-state index in [4.69, 9.17) is 18.9 Å². The monoisotopic (exact) mass is 656 g/mol. The van der Waals surface area contributed by atoms with E-state index in [0.29, 0.717) is 38.4 Å². The molecule has 6 nitrogen and oxygen atoms in total. The van der Waals surface area contributed by atoms with Crippen molar-refractivity contribution in [1.82, 2.24) is 4.98 Å². The quantitative estimate of drug-likeness (QED) is 0.313. The number of benzene rings is 1. The predicted molar refractivity (Wildman–Crippen MR) is 174 cm³/mol. The highest BCUT2D eigenvalue weighted by Gasteiger charge is 2.45. The summed E-state index contributed by atoms with van der Waals surface area (Å²) in [6.45, 7) is 17.7. The first-order valence-electron chi connectivity index (χ1n) is 16.3. The van der Waals surface area contributed by atoms with Gasteiger partial charge in [-0.2, -0.15) is 18.4 Å². The number of alkyl halides is 3. The Bertz CT molecular complexity index is 1530. The van der Waals surface area contributed by atoms with Gasteiger partial charge in [0.15, 0.2) is 8.32 Å². The molecule has 3 aliphatic rings. The van der Waals surface area contributed by atoms with E-state index in [2.05, 4.69) is 53.8 Å². The van der Waals surface area contributed by atoms with E-state index in [9.17, 15) is 23.5 Å². The summed E-state index contributed by atoms with van der Waals surface area (Å²) in [6, 6.07) is 5.07. The SMILES string of the molecule is CC1(C)Cc2nc(C3CCOCC3)c([C@@H](O)c3ccc(C(F)(F)F)c(C#N)c3)c(C3=CCOCC3)c2[C@@H](O[Si](C)(C)C(C)(C)C)C1. The Labute approximate surface area is 272 Å². The van der Waals surface area contributed by atoms with Crippen LogP contribution in [0.5, 0.6) is 0 Å². The van der Waals surface area contributed by atoms with E-state index >= 15 is 0 Å². The summed E-state index contributed by atoms with van der Waals surface area (Å²) in [7, 11) is -2.28. The predicted octanol–water partition coefficient (Wildman–Crippen LogP) is 8.79. The molecule has 2 aliphatic heterocycles. The molecule has 46 heavy (non-hydrogen) atoms. The number of hydrogen-bond acceptors (Lipinski definition) is 6. The van der Waals surface area contributed by atoms with Crippen molar-refractivity contribution in [2.75, 3.05) is 26.4 Å². The largest absolute Gasteiger partial charge is 0.417 e. The van der Waals surface area contributed by atoms with Gasteiger partial charge in [0.05, 0.1) is 42.2 Å². The standard InChI is InChI=1S/C36H47F3N2O4Si/c1-34(2,3)46(6,7)45-28-20-35(4,5)19-27-30(28)29(22-10-14-43-15-11-22)31(32(41-27)23-12-16-44-17-13-23)33(42)24-8-9-26(36(37,38)39)25(18-24)21-40/h8-10,18,23,28,33,42H,11-17,19-20H2,1-7H3/t28-,33-/m0/s1. The Balaban J connectivity index is 1.82. The van der Waals surface area contributed by atoms with Gasteiger partial charge in [-0.15, -0.1) is 0 Å². The highest BCUT2D eigenvalue weighted by atomic mass is 28.4. The molecule has 1 aromatic carbocycles. The van der Waals surface area contributed by atoms with Gasteiger partial charge >= 0.3 is 6.18 Å². The Morgan fingerprint density at radius 3 is 2.39 bits per heavy atom. The maximum atomic E-state index is 13.8. The molecule has 1 saturated heterocycles. The number of ether oxygens (including phenoxy) is 2. The van der Waals surface area contributed by atoms with E-state index in [1.54, 1.807) is 6.07 Å². The fourth-order valence-electron chi connectivity index (χ4n) is 6.82. The molecule has 250 valence electrons. The Hall–Kier alpha value is -2.55. The molecular weight excluding hydrogens is 609 g/mol. The molecule has 1 fully saturated rings. The fraction of sp³-hybridized carbons (Fsp3) is 0.611. The van der Waals surface area contributed by atoms with Crippen molar-refractivity contribution in [2.45, 2.75) is 109 Å². The van der Waals surface area contributed by atoms with Crippen molar-refractivity contribution < 1.29 is 32.2 Å². The first kappa shape index (κ1) is 34.8. The van der Waals surface area contributed by atoms with Gasteiger partial charge in [0, 0.05) is 36.0 Å². The van der Waals surface area contributed by atoms with Crippen molar-refractivity contribution in [1.29, 1.82) is 5.26 Å². The van der Waals surface area contributed by atoms with Crippen molar-refractivity contribution in [3.05, 3.63) is 69.0 Å². The van der Waals surface area contributed by atoms with Crippen LogP contribution in [0.1, 0.15) is 123 Å². The number of halogens is 3. The van der Waals surface area contributed by atoms with Crippen molar-refractivity contribution >= 4 is 13.9 Å². The minimum Gasteiger partial charge on any atom is -0.410 e. The van der Waals surface area contributed by atoms with Crippen LogP contribution in [0.2, 0.25) is 18.1 Å². The van der Waals surface area contributed by atoms with Crippen LogP contribution in [0.4, 0.5) is 13.2 Å². The maximum absolute atomic E-state index is 13.8. The Kier molecular flexibility index (Phi) is 9.68. The van der Waals surface area contributed by atoms with Crippen molar-refractivity contribution in [3.63, 3.8) is 0 Å². The number of rotatable bonds is 6. The lowest BCUT2D eigenvalue weighted by atomic mass is 9.70. The highest BCUT2D eigenvalue weighted by Crippen LogP contribution is 2.52. The van der Waals surface area contributed by atoms with Gasteiger partial charge in [0.2, 0.25) is 0 Å². The molecule has 10 heteroatoms. The van der Waals surface area contributed by atoms with Crippen molar-refractivity contribution in [3.8, 4) is 6.07 Å². The van der Waals surface area contributed by atoms with E-state index in [-0.39, 0.29) is 28.0 Å². The van der Waals surface area contributed by atoms with E-state index < -0.39 is 31.7 Å². The normalized spacial score (nSPS) is 21.7. The van der Waals surface area contributed by atoms with Crippen LogP contribution >= 0.6 is 0 Å². The number of aromatic nitrogens is 1. The molecule has 0 bridgehead atoms. The second kappa shape index (κ2) is 12.8. The summed E-state index contributed by atoms with van der Waals surface area (Å²) in [5, 5.41) is 22.0. The number of aliphatic hydroxyl groups is 1. The molecule has 0 saturated carbocycles. The van der Waals surface area contributed by atoms with Gasteiger partial charge in [-0.05, 0) is 84.5 Å². The highest BCUT2D eigenvalue weighted by molar-refractivity contribution is 6.74. The zero-order valence-corrected chi connectivity index (χ0v) is 29.1. The van der Waals surface area contributed by atoms with Crippen molar-refractivity contribution in [2.24, 2.45) is 5.41 Å². The van der Waals surface area contributed by atoms with Crippen LogP contribution in [0.25, 0.3) is 5.57 Å². The van der Waals surface area contributed by atoms with Crippen LogP contribution < -0.4 is 0 Å². The van der Waals surface area contributed by atoms with Gasteiger partial charge < -0.3 is 19.0 Å². The maximum Gasteiger partial charge on any atom is 0.417 e. The third kappa shape index (κ3) is 7.00. The van der Waals surface area contributed by atoms with Gasteiger partial charge in [-0.3, -0.25) is 4.98 Å². The summed E-state index contributed by atoms with van der Waals surface area (Å²) in [4.78, 5) is 5.39. The average Bonchev–Trinajstić information content (AvgIpc) is 2.98. The van der Waals surface area contributed by atoms with E-state index in [1.807, 2.05) is 0 Å². The Morgan fingerprint density at radius 2 is 1.80 bits per heavy atom. The second-order valence-corrected chi connectivity index (χ2v) is 20.1. The lowest BCUT2D eigenvalue weighted by Crippen LogP contribution is -2.44. The first-order chi connectivity index (χ1) is 21.4. The third-order valence-electron chi connectivity index (χ3n) is 10.3. The van der Waals surface area contributed by atoms with Crippen LogP contribution in [-0.2, 0) is 26.5 Å². The number of nitrogens with zero attached hydrogens (tertiary/aromatic N) is 2. The summed E-state index contributed by atoms with van der Waals surface area (Å²) < 4.78 is 59.9. The second-order valence-electron chi connectivity index (χ2n) is 15.3. The summed E-state index contributed by atoms with van der Waals surface area (Å²) >= 11 is 0. The molecule has 1 N–H and O–H groups in total. The zero-order valence-electron chi connectivity index (χ0n) is 28.1. The van der Waals surface area contributed by atoms with Crippen LogP contribution in [0, 0.1) is 16.7 Å². The van der Waals surface area contributed by atoms with Crippen LogP contribution in [-0.4, -0.2) is 44.8 Å². The molecule has 3 heterocycles. The average molecular weight is 657 g/mol. The molecule has 0 unspecified atom stereocenters. The summed E-state index contributed by atoms with van der Waals surface area (Å²) in [5.74, 6) is -0.00225. The van der Waals surface area contributed by atoms with Gasteiger partial charge in [0.1, 0.15) is 6.10 Å². The number of nitriles is 1. The van der Waals surface area contributed by atoms with E-state index in [0.717, 1.165) is 59.8 Å². The van der Waals surface area contributed by atoms with Gasteiger partial charge in [-0.25, -0.2) is 0 Å². The molecule has 0 radical (unpaired) electrons. The first-order valence-corrected chi connectivity index (χ1v) is 19.2. The zero-order chi connectivity index (χ0) is 33.7. The third-order valence-corrected chi connectivity index (χ3v) is 14.8. The molecule has 0 spiro atoms. The number of aliphatic hydroxyl groups excluding tert-OH is 1. The number of pyridine rings is 1. The Morgan fingerprint density at radius 1 is 1.11 bits per heavy atom. The summed E-state index contributed by atoms with van der Waals surface area (Å²) in [5.41, 5.74) is 3.84. The van der Waals surface area contributed by atoms with Crippen LogP contribution in [0.3, 0.4) is 0 Å². The lowest BCUT2D eigenvalue weighted by molar-refractivity contribution is -0.137. The summed E-state index contributed by atoms with van der Waals surface area (Å²) in [6.07, 6.45) is -0.648. The van der Waals surface area contributed by atoms with Gasteiger partial charge in [0.25, 0.3) is 0 Å². The molecule has 2 aromatic rings. The molecule has 5 rings (SSSR count). The smallest absolute Gasteiger partial charge is 0.410 e. The molecule has 2 atom stereocenters. The molecular formula is C36H47F3N2O4Si. The molecule has 1 aromatic heterocycles. The number of hydrogen-bond donors (Lipinski definition) is 1. The molecule has 0 amide bonds. The fourth-order valence-corrected chi connectivity index (χ4v) is 8.09. The molecule has 1 aliphatic carbocycles. The lowest BCUT2D eigenvalue weighted by Gasteiger charge is -2.45. The minimum absolute atomic E-state index is 0.00225. The minimum atomic E-state index is -4.69. The van der Waals surface area contributed by atoms with E-state index in [1.165, 1.54) is 12.1 Å². The topological polar surface area (TPSA) is 84.6 Å². The number of fused-ring (bicyclic) bond motifs is 1. The van der Waals surface area contributed by atoms with Crippen LogP contribution in [0.15, 0.2) is 24.3 Å².